The fraction of sp³-hybridized carbons (Fsp3) is 0.250. The predicted molar refractivity (Wildman–Crippen MR) is 91.2 cm³/mol. The molecule has 2 aromatic rings. The maximum absolute atomic E-state index is 13.2. The predicted octanol–water partition coefficient (Wildman–Crippen LogP) is 4.88. The van der Waals surface area contributed by atoms with E-state index >= 15 is 0 Å². The number of aryl methyl sites for hydroxylation is 2. The molecule has 6 heteroatoms. The van der Waals surface area contributed by atoms with Crippen molar-refractivity contribution in [2.24, 2.45) is 0 Å². The molecule has 1 aliphatic heterocycles. The summed E-state index contributed by atoms with van der Waals surface area (Å²) in [6, 6.07) is 7.52. The summed E-state index contributed by atoms with van der Waals surface area (Å²) in [6.07, 6.45) is -1.95. The van der Waals surface area contributed by atoms with Crippen molar-refractivity contribution in [3.63, 3.8) is 0 Å². The first-order valence-corrected chi connectivity index (χ1v) is 8.00. The van der Waals surface area contributed by atoms with Gasteiger partial charge in [0, 0.05) is 22.8 Å². The molecule has 0 aliphatic carbocycles. The maximum atomic E-state index is 13.2. The highest BCUT2D eigenvalue weighted by Crippen LogP contribution is 2.35. The van der Waals surface area contributed by atoms with Gasteiger partial charge in [-0.25, -0.2) is 0 Å². The third-order valence-electron chi connectivity index (χ3n) is 4.16. The lowest BCUT2D eigenvalue weighted by Crippen LogP contribution is -2.12. The zero-order valence-corrected chi connectivity index (χ0v) is 14.3. The molecule has 0 saturated carbocycles. The van der Waals surface area contributed by atoms with Crippen molar-refractivity contribution in [1.29, 1.82) is 0 Å². The fourth-order valence-corrected chi connectivity index (χ4v) is 2.82. The van der Waals surface area contributed by atoms with Crippen LogP contribution in [0.1, 0.15) is 27.8 Å². The monoisotopic (exact) mass is 362 g/mol. The van der Waals surface area contributed by atoms with Crippen molar-refractivity contribution < 1.29 is 27.4 Å². The number of carbonyl (C=O) groups is 1. The highest BCUT2D eigenvalue weighted by Gasteiger charge is 2.33. The van der Waals surface area contributed by atoms with Crippen LogP contribution in [0.25, 0.3) is 6.08 Å². The molecule has 0 radical (unpaired) electrons. The van der Waals surface area contributed by atoms with Gasteiger partial charge in [-0.1, -0.05) is 17.7 Å². The minimum atomic E-state index is -4.43. The van der Waals surface area contributed by atoms with E-state index < -0.39 is 11.7 Å². The largest absolute Gasteiger partial charge is 0.489 e. The minimum absolute atomic E-state index is 0.0718. The Kier molecular flexibility index (Phi) is 4.76. The number of rotatable bonds is 4. The van der Waals surface area contributed by atoms with E-state index in [9.17, 15) is 18.0 Å². The molecule has 1 heterocycles. The molecule has 1 aliphatic rings. The molecule has 0 N–H and O–H groups in total. The van der Waals surface area contributed by atoms with Gasteiger partial charge in [0.15, 0.2) is 0 Å². The van der Waals surface area contributed by atoms with Gasteiger partial charge in [-0.05, 0) is 37.6 Å². The molecule has 2 aromatic carbocycles. The van der Waals surface area contributed by atoms with Crippen LogP contribution in [0.5, 0.6) is 11.5 Å². The van der Waals surface area contributed by atoms with Gasteiger partial charge in [0.05, 0.1) is 5.56 Å². The summed E-state index contributed by atoms with van der Waals surface area (Å²) in [5, 5.41) is 0. The number of halogens is 3. The van der Waals surface area contributed by atoms with Crippen LogP contribution in [0.3, 0.4) is 0 Å². The Labute approximate surface area is 149 Å². The van der Waals surface area contributed by atoms with Gasteiger partial charge < -0.3 is 9.47 Å². The summed E-state index contributed by atoms with van der Waals surface area (Å²) in [5.74, 6) is 0.962. The number of aldehydes is 1. The molecule has 0 aromatic heterocycles. The van der Waals surface area contributed by atoms with Gasteiger partial charge in [-0.2, -0.15) is 13.2 Å². The zero-order valence-electron chi connectivity index (χ0n) is 14.3. The maximum Gasteiger partial charge on any atom is 0.416 e. The first-order valence-electron chi connectivity index (χ1n) is 8.00. The topological polar surface area (TPSA) is 35.5 Å². The number of fused-ring (bicyclic) bond motifs is 1. The van der Waals surface area contributed by atoms with Gasteiger partial charge in [0.1, 0.15) is 31.0 Å². The molecular formula is C20H17F3O3. The Morgan fingerprint density at radius 2 is 1.96 bits per heavy atom. The second kappa shape index (κ2) is 6.86. The molecule has 3 rings (SSSR count). The summed E-state index contributed by atoms with van der Waals surface area (Å²) in [6.45, 7) is 3.40. The Morgan fingerprint density at radius 1 is 1.19 bits per heavy atom. The van der Waals surface area contributed by atoms with Crippen molar-refractivity contribution in [2.45, 2.75) is 26.6 Å². The average Bonchev–Trinajstić information content (AvgIpc) is 2.59. The third-order valence-corrected chi connectivity index (χ3v) is 4.16. The van der Waals surface area contributed by atoms with Crippen LogP contribution in [-0.4, -0.2) is 12.9 Å². The number of hydrogen-bond acceptors (Lipinski definition) is 3. The van der Waals surface area contributed by atoms with Crippen molar-refractivity contribution in [3.05, 3.63) is 63.7 Å². The zero-order chi connectivity index (χ0) is 18.9. The molecule has 0 bridgehead atoms. The number of hydrogen-bond donors (Lipinski definition) is 0. The summed E-state index contributed by atoms with van der Waals surface area (Å²) in [5.41, 5.74) is 2.04. The summed E-state index contributed by atoms with van der Waals surface area (Å²) >= 11 is 0. The first kappa shape index (κ1) is 18.0. The molecule has 0 spiro atoms. The fourth-order valence-electron chi connectivity index (χ4n) is 2.82. The van der Waals surface area contributed by atoms with Gasteiger partial charge in [0.25, 0.3) is 0 Å². The molecule has 3 nitrogen and oxygen atoms in total. The lowest BCUT2D eigenvalue weighted by atomic mass is 10.0. The number of benzene rings is 2. The van der Waals surface area contributed by atoms with E-state index in [1.54, 1.807) is 31.2 Å². The quantitative estimate of drug-likeness (QED) is 0.728. The average molecular weight is 362 g/mol. The van der Waals surface area contributed by atoms with Gasteiger partial charge in [0.2, 0.25) is 0 Å². The molecule has 0 amide bonds. The molecule has 136 valence electrons. The number of carbonyl (C=O) groups excluding carboxylic acids is 1. The van der Waals surface area contributed by atoms with Crippen LogP contribution in [0.4, 0.5) is 13.2 Å². The highest BCUT2D eigenvalue weighted by atomic mass is 19.4. The second-order valence-corrected chi connectivity index (χ2v) is 6.22. The van der Waals surface area contributed by atoms with E-state index in [0.29, 0.717) is 22.6 Å². The van der Waals surface area contributed by atoms with E-state index in [2.05, 4.69) is 0 Å². The normalized spacial score (nSPS) is 13.5. The number of alkyl halides is 3. The van der Waals surface area contributed by atoms with E-state index in [1.165, 1.54) is 6.07 Å². The van der Waals surface area contributed by atoms with Crippen LogP contribution < -0.4 is 9.47 Å². The highest BCUT2D eigenvalue weighted by molar-refractivity contribution is 5.85. The van der Waals surface area contributed by atoms with Crippen molar-refractivity contribution in [3.8, 4) is 11.5 Å². The van der Waals surface area contributed by atoms with Crippen LogP contribution in [0, 0.1) is 13.8 Å². The summed E-state index contributed by atoms with van der Waals surface area (Å²) < 4.78 is 50.7. The van der Waals surface area contributed by atoms with Gasteiger partial charge in [-0.15, -0.1) is 0 Å². The lowest BCUT2D eigenvalue weighted by Gasteiger charge is -2.19. The Hall–Kier alpha value is -2.76. The Balaban J connectivity index is 1.85. The SMILES string of the molecule is Cc1ccc(COc2cc(C)c3c(c2)OCC(C=O)=C3)c(C(F)(F)F)c1. The van der Waals surface area contributed by atoms with E-state index in [-0.39, 0.29) is 18.8 Å². The van der Waals surface area contributed by atoms with Crippen LogP contribution in [0.2, 0.25) is 0 Å². The van der Waals surface area contributed by atoms with E-state index in [1.807, 2.05) is 6.92 Å². The Morgan fingerprint density at radius 3 is 2.65 bits per heavy atom. The second-order valence-electron chi connectivity index (χ2n) is 6.22. The first-order chi connectivity index (χ1) is 12.3. The van der Waals surface area contributed by atoms with Crippen LogP contribution >= 0.6 is 0 Å². The smallest absolute Gasteiger partial charge is 0.416 e. The van der Waals surface area contributed by atoms with Crippen molar-refractivity contribution in [2.75, 3.05) is 6.61 Å². The molecule has 0 saturated heterocycles. The summed E-state index contributed by atoms with van der Waals surface area (Å²) in [4.78, 5) is 10.9. The third kappa shape index (κ3) is 3.74. The van der Waals surface area contributed by atoms with Crippen molar-refractivity contribution in [1.82, 2.24) is 0 Å². The molecule has 26 heavy (non-hydrogen) atoms. The van der Waals surface area contributed by atoms with Crippen LogP contribution in [-0.2, 0) is 17.6 Å². The molecule has 0 unspecified atom stereocenters. The van der Waals surface area contributed by atoms with Crippen LogP contribution in [0.15, 0.2) is 35.9 Å². The van der Waals surface area contributed by atoms with Gasteiger partial charge in [-0.3, -0.25) is 4.79 Å². The Bertz CT molecular complexity index is 883. The standard InChI is InChI=1S/C20H17F3O3/c1-12-3-4-15(18(5-12)20(21,22)23)11-25-16-6-13(2)17-7-14(9-24)10-26-19(17)8-16/h3-9H,10-11H2,1-2H3. The van der Waals surface area contributed by atoms with E-state index in [0.717, 1.165) is 23.5 Å². The lowest BCUT2D eigenvalue weighted by molar-refractivity contribution is -0.138. The van der Waals surface area contributed by atoms with Crippen molar-refractivity contribution >= 4 is 12.4 Å². The van der Waals surface area contributed by atoms with E-state index in [4.69, 9.17) is 9.47 Å². The minimum Gasteiger partial charge on any atom is -0.489 e. The van der Waals surface area contributed by atoms with Gasteiger partial charge >= 0.3 is 6.18 Å². The number of ether oxygens (including phenoxy) is 2. The molecular weight excluding hydrogens is 345 g/mol. The summed E-state index contributed by atoms with van der Waals surface area (Å²) in [7, 11) is 0. The molecule has 0 fully saturated rings. The molecule has 0 atom stereocenters.